The van der Waals surface area contributed by atoms with Crippen LogP contribution in [0.25, 0.3) is 16.8 Å². The molecule has 0 spiro atoms. The van der Waals surface area contributed by atoms with Crippen molar-refractivity contribution in [1.29, 1.82) is 0 Å². The molecule has 0 aliphatic rings. The SMILES string of the molecule is Nc1[nH]c(=O)c(C(=O)O)c(-c2ccccc2-n2cc(Br)cn2)c1C(=O)O. The summed E-state index contributed by atoms with van der Waals surface area (Å²) in [7, 11) is 0. The molecular formula is C16H11BrN4O5. The van der Waals surface area contributed by atoms with Crippen LogP contribution in [0.15, 0.2) is 45.9 Å². The normalized spacial score (nSPS) is 10.7. The van der Waals surface area contributed by atoms with E-state index < -0.39 is 34.4 Å². The lowest BCUT2D eigenvalue weighted by Crippen LogP contribution is -2.24. The minimum atomic E-state index is -1.57. The van der Waals surface area contributed by atoms with Crippen LogP contribution in [0.2, 0.25) is 0 Å². The first kappa shape index (κ1) is 17.4. The maximum atomic E-state index is 12.2. The van der Waals surface area contributed by atoms with Crippen molar-refractivity contribution in [3.05, 3.63) is 62.6 Å². The molecule has 0 saturated heterocycles. The van der Waals surface area contributed by atoms with Gasteiger partial charge in [0.15, 0.2) is 0 Å². The molecule has 0 unspecified atom stereocenters. The number of anilines is 1. The molecule has 0 bridgehead atoms. The van der Waals surface area contributed by atoms with Gasteiger partial charge in [0.2, 0.25) is 0 Å². The summed E-state index contributed by atoms with van der Waals surface area (Å²) >= 11 is 3.26. The van der Waals surface area contributed by atoms with Crippen molar-refractivity contribution in [1.82, 2.24) is 14.8 Å². The summed E-state index contributed by atoms with van der Waals surface area (Å²) in [5.41, 5.74) is 3.75. The Kier molecular flexibility index (Phi) is 4.34. The minimum absolute atomic E-state index is 0.190. The van der Waals surface area contributed by atoms with E-state index in [9.17, 15) is 24.6 Å². The number of benzene rings is 1. The first-order valence-corrected chi connectivity index (χ1v) is 7.92. The van der Waals surface area contributed by atoms with E-state index in [0.29, 0.717) is 10.2 Å². The molecule has 3 aromatic rings. The van der Waals surface area contributed by atoms with E-state index in [0.717, 1.165) is 0 Å². The molecule has 2 heterocycles. The van der Waals surface area contributed by atoms with E-state index in [1.165, 1.54) is 16.9 Å². The van der Waals surface area contributed by atoms with Crippen LogP contribution in [-0.2, 0) is 0 Å². The maximum Gasteiger partial charge on any atom is 0.342 e. The number of nitrogens with two attached hydrogens (primary N) is 1. The van der Waals surface area contributed by atoms with Gasteiger partial charge >= 0.3 is 11.9 Å². The van der Waals surface area contributed by atoms with Crippen molar-refractivity contribution in [2.45, 2.75) is 0 Å². The standard InChI is InChI=1S/C16H11BrN4O5/c17-7-5-19-21(6-7)9-4-2-1-3-8(9)10-11(15(23)24)13(18)20-14(22)12(10)16(25)26/h1-6H,(H,23,24)(H,25,26)(H3,18,20,22). The van der Waals surface area contributed by atoms with Gasteiger partial charge in [-0.05, 0) is 22.0 Å². The summed E-state index contributed by atoms with van der Waals surface area (Å²) in [5.74, 6) is -3.47. The van der Waals surface area contributed by atoms with Crippen LogP contribution in [0.4, 0.5) is 5.82 Å². The highest BCUT2D eigenvalue weighted by Crippen LogP contribution is 2.33. The summed E-state index contributed by atoms with van der Waals surface area (Å²) in [6.45, 7) is 0. The highest BCUT2D eigenvalue weighted by molar-refractivity contribution is 9.10. The van der Waals surface area contributed by atoms with Crippen LogP contribution >= 0.6 is 15.9 Å². The van der Waals surface area contributed by atoms with Gasteiger partial charge in [-0.3, -0.25) is 4.79 Å². The number of pyridine rings is 1. The molecule has 9 nitrogen and oxygen atoms in total. The molecule has 1 aromatic carbocycles. The zero-order valence-electron chi connectivity index (χ0n) is 12.9. The van der Waals surface area contributed by atoms with E-state index in [-0.39, 0.29) is 11.1 Å². The second-order valence-corrected chi connectivity index (χ2v) is 6.14. The molecule has 0 aliphatic carbocycles. The maximum absolute atomic E-state index is 12.2. The van der Waals surface area contributed by atoms with Crippen molar-refractivity contribution in [2.24, 2.45) is 0 Å². The number of H-pyrrole nitrogens is 1. The average molecular weight is 419 g/mol. The van der Waals surface area contributed by atoms with Crippen molar-refractivity contribution >= 4 is 33.7 Å². The molecule has 3 rings (SSSR count). The molecule has 132 valence electrons. The topological polar surface area (TPSA) is 151 Å². The number of nitrogen functional groups attached to an aromatic ring is 1. The number of aromatic carboxylic acids is 2. The van der Waals surface area contributed by atoms with Gasteiger partial charge < -0.3 is 20.9 Å². The highest BCUT2D eigenvalue weighted by atomic mass is 79.9. The number of carbonyl (C=O) groups is 2. The lowest BCUT2D eigenvalue weighted by Gasteiger charge is -2.15. The number of aromatic amines is 1. The molecule has 10 heteroatoms. The van der Waals surface area contributed by atoms with Crippen molar-refractivity contribution in [2.75, 3.05) is 5.73 Å². The summed E-state index contributed by atoms with van der Waals surface area (Å²) in [4.78, 5) is 37.6. The van der Waals surface area contributed by atoms with Crippen LogP contribution in [0, 0.1) is 0 Å². The van der Waals surface area contributed by atoms with E-state index in [2.05, 4.69) is 26.0 Å². The minimum Gasteiger partial charge on any atom is -0.478 e. The average Bonchev–Trinajstić information content (AvgIpc) is 2.99. The Balaban J connectivity index is 2.47. The van der Waals surface area contributed by atoms with Crippen molar-refractivity contribution in [3.63, 3.8) is 0 Å². The van der Waals surface area contributed by atoms with Crippen molar-refractivity contribution < 1.29 is 19.8 Å². The van der Waals surface area contributed by atoms with Gasteiger partial charge in [-0.1, -0.05) is 18.2 Å². The van der Waals surface area contributed by atoms with Gasteiger partial charge in [0.1, 0.15) is 16.9 Å². The Morgan fingerprint density at radius 3 is 2.38 bits per heavy atom. The van der Waals surface area contributed by atoms with Crippen LogP contribution < -0.4 is 11.3 Å². The first-order valence-electron chi connectivity index (χ1n) is 7.13. The number of nitrogens with one attached hydrogen (secondary N) is 1. The van der Waals surface area contributed by atoms with E-state index in [4.69, 9.17) is 5.73 Å². The predicted molar refractivity (Wildman–Crippen MR) is 95.7 cm³/mol. The van der Waals surface area contributed by atoms with Gasteiger partial charge in [-0.2, -0.15) is 5.10 Å². The number of carboxylic acids is 2. The number of halogens is 1. The number of aromatic nitrogens is 3. The first-order chi connectivity index (χ1) is 12.3. The number of rotatable bonds is 4. The molecule has 0 atom stereocenters. The highest BCUT2D eigenvalue weighted by Gasteiger charge is 2.28. The smallest absolute Gasteiger partial charge is 0.342 e. The summed E-state index contributed by atoms with van der Waals surface area (Å²) in [5, 5.41) is 23.2. The number of nitrogens with zero attached hydrogens (tertiary/aromatic N) is 2. The third kappa shape index (κ3) is 2.86. The number of hydrogen-bond acceptors (Lipinski definition) is 5. The molecule has 2 aromatic heterocycles. The quantitative estimate of drug-likeness (QED) is 0.505. The van der Waals surface area contributed by atoms with Gasteiger partial charge in [0.05, 0.1) is 16.4 Å². The fraction of sp³-hybridized carbons (Fsp3) is 0. The monoisotopic (exact) mass is 418 g/mol. The van der Waals surface area contributed by atoms with Gasteiger partial charge in [0, 0.05) is 17.3 Å². The van der Waals surface area contributed by atoms with Crippen LogP contribution in [0.5, 0.6) is 0 Å². The Morgan fingerprint density at radius 1 is 1.15 bits per heavy atom. The Bertz CT molecular complexity index is 1100. The zero-order chi connectivity index (χ0) is 19.0. The Morgan fingerprint density at radius 2 is 1.81 bits per heavy atom. The molecule has 26 heavy (non-hydrogen) atoms. The molecule has 0 amide bonds. The molecule has 0 saturated carbocycles. The van der Waals surface area contributed by atoms with Crippen LogP contribution in [-0.4, -0.2) is 36.9 Å². The van der Waals surface area contributed by atoms with Gasteiger partial charge in [0.25, 0.3) is 5.56 Å². The second kappa shape index (κ2) is 6.48. The van der Waals surface area contributed by atoms with Crippen LogP contribution in [0.1, 0.15) is 20.7 Å². The molecule has 0 fully saturated rings. The summed E-state index contributed by atoms with van der Waals surface area (Å²) < 4.78 is 2.09. The van der Waals surface area contributed by atoms with Gasteiger partial charge in [-0.15, -0.1) is 0 Å². The molecular weight excluding hydrogens is 408 g/mol. The van der Waals surface area contributed by atoms with E-state index in [1.807, 2.05) is 0 Å². The predicted octanol–water partition coefficient (Wildman–Crippen LogP) is 1.97. The summed E-state index contributed by atoms with van der Waals surface area (Å²) in [6, 6.07) is 6.37. The molecule has 5 N–H and O–H groups in total. The van der Waals surface area contributed by atoms with Crippen LogP contribution in [0.3, 0.4) is 0 Å². The number of hydrogen-bond donors (Lipinski definition) is 4. The molecule has 0 radical (unpaired) electrons. The zero-order valence-corrected chi connectivity index (χ0v) is 14.5. The second-order valence-electron chi connectivity index (χ2n) is 5.22. The van der Waals surface area contributed by atoms with Gasteiger partial charge in [-0.25, -0.2) is 14.3 Å². The molecule has 0 aliphatic heterocycles. The summed E-state index contributed by atoms with van der Waals surface area (Å²) in [6.07, 6.45) is 3.12. The Hall–Kier alpha value is -3.40. The fourth-order valence-electron chi connectivity index (χ4n) is 2.63. The lowest BCUT2D eigenvalue weighted by atomic mass is 9.94. The fourth-order valence-corrected chi connectivity index (χ4v) is 2.92. The van der Waals surface area contributed by atoms with E-state index >= 15 is 0 Å². The van der Waals surface area contributed by atoms with E-state index in [1.54, 1.807) is 24.4 Å². The number of carboxylic acid groups (broad SMARTS) is 2. The number of para-hydroxylation sites is 1. The van der Waals surface area contributed by atoms with Crippen molar-refractivity contribution in [3.8, 4) is 16.8 Å². The largest absolute Gasteiger partial charge is 0.478 e. The third-order valence-electron chi connectivity index (χ3n) is 3.64. The Labute approximate surface area is 153 Å². The lowest BCUT2D eigenvalue weighted by molar-refractivity contribution is 0.0695. The third-order valence-corrected chi connectivity index (χ3v) is 4.05.